The van der Waals surface area contributed by atoms with Gasteiger partial charge in [0.05, 0.1) is 12.9 Å². The van der Waals surface area contributed by atoms with Crippen molar-refractivity contribution in [2.24, 2.45) is 0 Å². The van der Waals surface area contributed by atoms with Crippen LogP contribution in [0.2, 0.25) is 0 Å². The smallest absolute Gasteiger partial charge is 0.665 e. The number of ether oxygens (including phenoxy) is 2. The number of hydrogen-bond donors (Lipinski definition) is 0. The van der Waals surface area contributed by atoms with Gasteiger partial charge in [0.25, 0.3) is 0 Å². The third-order valence-electron chi connectivity index (χ3n) is 1.23. The second kappa shape index (κ2) is 5.12. The van der Waals surface area contributed by atoms with Crippen LogP contribution in [0.4, 0.5) is 0 Å². The van der Waals surface area contributed by atoms with E-state index in [1.54, 1.807) is 19.2 Å². The standard InChI is InChI=1S/C8H9O2.Li/c1-9-7-3-5-8(10-2)6-4-7;/h3-6H,1H2,2H3;/q-1;+1. The third kappa shape index (κ3) is 2.88. The number of benzene rings is 1. The van der Waals surface area contributed by atoms with E-state index in [1.807, 2.05) is 12.1 Å². The molecular formula is C8H9LiO2. The van der Waals surface area contributed by atoms with Gasteiger partial charge in [-0.25, -0.2) is 0 Å². The molecule has 0 saturated heterocycles. The molecule has 54 valence electrons. The molecule has 0 saturated carbocycles. The van der Waals surface area contributed by atoms with E-state index in [1.165, 1.54) is 0 Å². The maximum atomic E-state index is 4.94. The van der Waals surface area contributed by atoms with Gasteiger partial charge in [0, 0.05) is 0 Å². The summed E-state index contributed by atoms with van der Waals surface area (Å²) in [4.78, 5) is 0. The Kier molecular flexibility index (Phi) is 4.85. The van der Waals surface area contributed by atoms with E-state index in [-0.39, 0.29) is 18.9 Å². The van der Waals surface area contributed by atoms with Crippen molar-refractivity contribution in [2.75, 3.05) is 7.11 Å². The van der Waals surface area contributed by atoms with Crippen molar-refractivity contribution in [1.29, 1.82) is 0 Å². The molecule has 0 unspecified atom stereocenters. The molecule has 1 aromatic carbocycles. The van der Waals surface area contributed by atoms with E-state index in [4.69, 9.17) is 9.47 Å². The monoisotopic (exact) mass is 144 g/mol. The van der Waals surface area contributed by atoms with Crippen molar-refractivity contribution in [2.45, 2.75) is 0 Å². The largest absolute Gasteiger partial charge is 1.00 e. The molecule has 0 heterocycles. The molecule has 0 amide bonds. The Bertz CT molecular complexity index is 173. The van der Waals surface area contributed by atoms with Crippen LogP contribution in [0.3, 0.4) is 0 Å². The molecule has 0 fully saturated rings. The molecule has 0 aromatic heterocycles. The Morgan fingerprint density at radius 2 is 1.55 bits per heavy atom. The first-order chi connectivity index (χ1) is 4.86. The quantitative estimate of drug-likeness (QED) is 0.386. The Hall–Kier alpha value is -0.583. The van der Waals surface area contributed by atoms with Crippen molar-refractivity contribution in [3.63, 3.8) is 0 Å². The second-order valence-electron chi connectivity index (χ2n) is 1.82. The van der Waals surface area contributed by atoms with Gasteiger partial charge >= 0.3 is 18.9 Å². The normalized spacial score (nSPS) is 8.18. The minimum Gasteiger partial charge on any atom is -0.665 e. The first kappa shape index (κ1) is 10.4. The summed E-state index contributed by atoms with van der Waals surface area (Å²) in [5, 5.41) is 0. The molecule has 0 spiro atoms. The van der Waals surface area contributed by atoms with Gasteiger partial charge < -0.3 is 9.47 Å². The zero-order valence-electron chi connectivity index (χ0n) is 6.83. The first-order valence-corrected chi connectivity index (χ1v) is 2.93. The van der Waals surface area contributed by atoms with Crippen molar-refractivity contribution in [3.8, 4) is 11.5 Å². The molecule has 0 aliphatic heterocycles. The molecule has 1 aromatic rings. The van der Waals surface area contributed by atoms with E-state index >= 15 is 0 Å². The van der Waals surface area contributed by atoms with Gasteiger partial charge in [0.2, 0.25) is 0 Å². The van der Waals surface area contributed by atoms with Crippen LogP contribution >= 0.6 is 0 Å². The minimum absolute atomic E-state index is 0. The van der Waals surface area contributed by atoms with Crippen LogP contribution in [0.1, 0.15) is 0 Å². The van der Waals surface area contributed by atoms with Crippen molar-refractivity contribution in [1.82, 2.24) is 0 Å². The molecule has 0 aliphatic carbocycles. The van der Waals surface area contributed by atoms with Crippen molar-refractivity contribution < 1.29 is 28.3 Å². The molecule has 0 atom stereocenters. The first-order valence-electron chi connectivity index (χ1n) is 2.93. The van der Waals surface area contributed by atoms with Crippen LogP contribution < -0.4 is 28.3 Å². The van der Waals surface area contributed by atoms with Crippen LogP contribution in [0.15, 0.2) is 24.3 Å². The summed E-state index contributed by atoms with van der Waals surface area (Å²) < 4.78 is 9.65. The van der Waals surface area contributed by atoms with Gasteiger partial charge in [-0.05, 0) is 24.3 Å². The van der Waals surface area contributed by atoms with E-state index in [9.17, 15) is 0 Å². The summed E-state index contributed by atoms with van der Waals surface area (Å²) in [7, 11) is 4.90. The summed E-state index contributed by atoms with van der Waals surface area (Å²) in [6.07, 6.45) is 0. The van der Waals surface area contributed by atoms with Gasteiger partial charge in [-0.2, -0.15) is 7.11 Å². The second-order valence-corrected chi connectivity index (χ2v) is 1.82. The predicted molar refractivity (Wildman–Crippen MR) is 39.0 cm³/mol. The van der Waals surface area contributed by atoms with E-state index < -0.39 is 0 Å². The van der Waals surface area contributed by atoms with E-state index in [0.29, 0.717) is 0 Å². The molecule has 3 heteroatoms. The van der Waals surface area contributed by atoms with Gasteiger partial charge in [0.1, 0.15) is 5.75 Å². The van der Waals surface area contributed by atoms with Crippen molar-refractivity contribution >= 4 is 0 Å². The molecule has 1 rings (SSSR count). The Balaban J connectivity index is 0.000001000. The molecule has 0 aliphatic rings. The summed E-state index contributed by atoms with van der Waals surface area (Å²) in [5.74, 6) is 1.56. The molecule has 11 heavy (non-hydrogen) atoms. The maximum Gasteiger partial charge on any atom is 1.00 e. The minimum atomic E-state index is 0. The fraction of sp³-hybridized carbons (Fsp3) is 0.125. The number of rotatable bonds is 2. The molecule has 2 nitrogen and oxygen atoms in total. The van der Waals surface area contributed by atoms with Gasteiger partial charge in [-0.3, -0.25) is 0 Å². The zero-order chi connectivity index (χ0) is 7.40. The third-order valence-corrected chi connectivity index (χ3v) is 1.23. The van der Waals surface area contributed by atoms with Gasteiger partial charge in [-0.15, -0.1) is 0 Å². The molecule has 0 bridgehead atoms. The van der Waals surface area contributed by atoms with Gasteiger partial charge in [0.15, 0.2) is 0 Å². The summed E-state index contributed by atoms with van der Waals surface area (Å²) in [6.45, 7) is 0. The average Bonchev–Trinajstić information content (AvgIpc) is 2.05. The fourth-order valence-electron chi connectivity index (χ4n) is 0.672. The Morgan fingerprint density at radius 1 is 1.09 bits per heavy atom. The SMILES string of the molecule is [CH2-]Oc1ccc(OC)cc1.[Li+]. The summed E-state index contributed by atoms with van der Waals surface area (Å²) in [5.41, 5.74) is 0. The zero-order valence-corrected chi connectivity index (χ0v) is 6.83. The van der Waals surface area contributed by atoms with Crippen LogP contribution in [0, 0.1) is 7.11 Å². The Morgan fingerprint density at radius 3 is 1.91 bits per heavy atom. The van der Waals surface area contributed by atoms with E-state index in [2.05, 4.69) is 7.11 Å². The molecule has 0 N–H and O–H groups in total. The fourth-order valence-corrected chi connectivity index (χ4v) is 0.672. The molecular weight excluding hydrogens is 135 g/mol. The van der Waals surface area contributed by atoms with E-state index in [0.717, 1.165) is 11.5 Å². The number of hydrogen-bond acceptors (Lipinski definition) is 2. The predicted octanol–water partition coefficient (Wildman–Crippen LogP) is -1.13. The number of methoxy groups -OCH3 is 1. The van der Waals surface area contributed by atoms with Crippen LogP contribution in [0.25, 0.3) is 0 Å². The van der Waals surface area contributed by atoms with Crippen LogP contribution in [0.5, 0.6) is 11.5 Å². The maximum absolute atomic E-state index is 4.94. The van der Waals surface area contributed by atoms with Crippen LogP contribution in [-0.4, -0.2) is 7.11 Å². The molecule has 0 radical (unpaired) electrons. The Labute approximate surface area is 78.7 Å². The topological polar surface area (TPSA) is 18.5 Å². The summed E-state index contributed by atoms with van der Waals surface area (Å²) >= 11 is 0. The van der Waals surface area contributed by atoms with Crippen LogP contribution in [-0.2, 0) is 0 Å². The van der Waals surface area contributed by atoms with Crippen molar-refractivity contribution in [3.05, 3.63) is 31.4 Å². The summed E-state index contributed by atoms with van der Waals surface area (Å²) in [6, 6.07) is 7.23. The average molecular weight is 144 g/mol. The van der Waals surface area contributed by atoms with Gasteiger partial charge in [-0.1, -0.05) is 0 Å².